The third-order valence-corrected chi connectivity index (χ3v) is 3.65. The normalized spacial score (nSPS) is 15.1. The van der Waals surface area contributed by atoms with Crippen LogP contribution in [0.5, 0.6) is 5.75 Å². The molecule has 0 spiro atoms. The first-order valence-electron chi connectivity index (χ1n) is 6.56. The highest BCUT2D eigenvalue weighted by molar-refractivity contribution is 9.10. The Morgan fingerprint density at radius 3 is 2.90 bits per heavy atom. The second kappa shape index (κ2) is 8.49. The van der Waals surface area contributed by atoms with Gasteiger partial charge in [0.2, 0.25) is 5.91 Å². The largest absolute Gasteiger partial charge is 0.493 e. The van der Waals surface area contributed by atoms with Crippen molar-refractivity contribution in [1.29, 1.82) is 0 Å². The molecule has 2 rings (SSSR count). The Hall–Kier alpha value is -0.780. The van der Waals surface area contributed by atoms with Crippen LogP contribution in [0.3, 0.4) is 0 Å². The Bertz CT molecular complexity index is 441. The summed E-state index contributed by atoms with van der Waals surface area (Å²) in [5, 5.41) is 2.85. The number of hydrogen-bond acceptors (Lipinski definition) is 3. The zero-order chi connectivity index (χ0) is 13.7. The quantitative estimate of drug-likeness (QED) is 0.782. The molecule has 1 aliphatic carbocycles. The van der Waals surface area contributed by atoms with E-state index in [9.17, 15) is 4.79 Å². The third kappa shape index (κ3) is 6.11. The summed E-state index contributed by atoms with van der Waals surface area (Å²) in [4.78, 5) is 11.6. The van der Waals surface area contributed by atoms with Gasteiger partial charge in [-0.15, -0.1) is 12.4 Å². The van der Waals surface area contributed by atoms with E-state index in [4.69, 9.17) is 10.5 Å². The van der Waals surface area contributed by atoms with Crippen molar-refractivity contribution in [2.45, 2.75) is 25.3 Å². The van der Waals surface area contributed by atoms with Gasteiger partial charge >= 0.3 is 0 Å². The lowest BCUT2D eigenvalue weighted by Crippen LogP contribution is -2.38. The number of amides is 1. The van der Waals surface area contributed by atoms with Gasteiger partial charge in [0.15, 0.2) is 0 Å². The molecule has 1 saturated carbocycles. The number of halogens is 2. The highest BCUT2D eigenvalue weighted by Crippen LogP contribution is 2.31. The molecule has 112 valence electrons. The summed E-state index contributed by atoms with van der Waals surface area (Å²) >= 11 is 3.37. The van der Waals surface area contributed by atoms with Crippen molar-refractivity contribution in [2.24, 2.45) is 11.7 Å². The minimum absolute atomic E-state index is 0. The molecular formula is C14H20BrClN2O2. The van der Waals surface area contributed by atoms with Crippen molar-refractivity contribution in [3.8, 4) is 5.75 Å². The zero-order valence-electron chi connectivity index (χ0n) is 11.2. The first kappa shape index (κ1) is 17.3. The summed E-state index contributed by atoms with van der Waals surface area (Å²) in [6, 6.07) is 7.68. The van der Waals surface area contributed by atoms with Crippen LogP contribution in [-0.4, -0.2) is 25.1 Å². The van der Waals surface area contributed by atoms with Gasteiger partial charge in [-0.1, -0.05) is 22.0 Å². The minimum Gasteiger partial charge on any atom is -0.493 e. The van der Waals surface area contributed by atoms with Gasteiger partial charge in [0.25, 0.3) is 0 Å². The van der Waals surface area contributed by atoms with Crippen LogP contribution in [0.25, 0.3) is 0 Å². The molecule has 3 N–H and O–H groups in total. The fourth-order valence-electron chi connectivity index (χ4n) is 1.83. The average molecular weight is 364 g/mol. The van der Waals surface area contributed by atoms with Crippen molar-refractivity contribution in [3.63, 3.8) is 0 Å². The van der Waals surface area contributed by atoms with Crippen LogP contribution in [0.1, 0.15) is 19.3 Å². The van der Waals surface area contributed by atoms with Crippen molar-refractivity contribution >= 4 is 34.2 Å². The Labute approximate surface area is 134 Å². The lowest BCUT2D eigenvalue weighted by atomic mass is 10.2. The number of rotatable bonds is 7. The molecule has 0 radical (unpaired) electrons. The topological polar surface area (TPSA) is 64.3 Å². The first-order chi connectivity index (χ1) is 9.15. The van der Waals surface area contributed by atoms with Crippen LogP contribution >= 0.6 is 28.3 Å². The molecule has 1 unspecified atom stereocenters. The molecule has 1 amide bonds. The zero-order valence-corrected chi connectivity index (χ0v) is 13.6. The number of carbonyl (C=O) groups is 1. The molecule has 1 aliphatic rings. The lowest BCUT2D eigenvalue weighted by molar-refractivity contribution is -0.121. The minimum atomic E-state index is -0.00824. The van der Waals surface area contributed by atoms with Gasteiger partial charge < -0.3 is 15.8 Å². The van der Waals surface area contributed by atoms with E-state index in [-0.39, 0.29) is 24.4 Å². The average Bonchev–Trinajstić information content (AvgIpc) is 3.20. The Morgan fingerprint density at radius 1 is 1.50 bits per heavy atom. The van der Waals surface area contributed by atoms with Crippen LogP contribution in [0.4, 0.5) is 0 Å². The van der Waals surface area contributed by atoms with Crippen molar-refractivity contribution in [2.75, 3.05) is 13.2 Å². The summed E-state index contributed by atoms with van der Waals surface area (Å²) in [5.74, 6) is 1.36. The fourth-order valence-corrected chi connectivity index (χ4v) is 2.21. The number of nitrogens with one attached hydrogen (secondary N) is 1. The van der Waals surface area contributed by atoms with Crippen LogP contribution in [0, 0.1) is 5.92 Å². The van der Waals surface area contributed by atoms with Gasteiger partial charge in [0.05, 0.1) is 13.0 Å². The van der Waals surface area contributed by atoms with E-state index in [1.807, 2.05) is 24.3 Å². The van der Waals surface area contributed by atoms with Crippen LogP contribution in [0.2, 0.25) is 0 Å². The monoisotopic (exact) mass is 362 g/mol. The molecule has 6 heteroatoms. The van der Waals surface area contributed by atoms with E-state index in [1.54, 1.807) is 0 Å². The first-order valence-corrected chi connectivity index (χ1v) is 7.35. The number of carbonyl (C=O) groups excluding carboxylic acids is 1. The molecule has 0 aliphatic heterocycles. The summed E-state index contributed by atoms with van der Waals surface area (Å²) in [5.41, 5.74) is 5.91. The van der Waals surface area contributed by atoms with Gasteiger partial charge in [0.1, 0.15) is 5.75 Å². The van der Waals surface area contributed by atoms with Gasteiger partial charge in [-0.2, -0.15) is 0 Å². The van der Waals surface area contributed by atoms with E-state index in [1.165, 1.54) is 12.8 Å². The van der Waals surface area contributed by atoms with Gasteiger partial charge in [-0.05, 0) is 37.0 Å². The second-order valence-corrected chi connectivity index (χ2v) is 5.78. The van der Waals surface area contributed by atoms with E-state index in [0.717, 1.165) is 10.2 Å². The third-order valence-electron chi connectivity index (χ3n) is 3.16. The highest BCUT2D eigenvalue weighted by atomic mass is 79.9. The summed E-state index contributed by atoms with van der Waals surface area (Å²) in [6.07, 6.45) is 2.75. The van der Waals surface area contributed by atoms with Crippen molar-refractivity contribution in [3.05, 3.63) is 28.7 Å². The molecular weight excluding hydrogens is 344 g/mol. The number of hydrogen-bond donors (Lipinski definition) is 2. The molecule has 1 aromatic carbocycles. The summed E-state index contributed by atoms with van der Waals surface area (Å²) in [6.45, 7) is 0.946. The smallest absolute Gasteiger partial charge is 0.223 e. The predicted molar refractivity (Wildman–Crippen MR) is 85.2 cm³/mol. The van der Waals surface area contributed by atoms with Gasteiger partial charge in [0, 0.05) is 17.1 Å². The number of nitrogens with two attached hydrogens (primary N) is 1. The Kier molecular flexibility index (Phi) is 7.34. The maximum absolute atomic E-state index is 11.6. The summed E-state index contributed by atoms with van der Waals surface area (Å²) < 4.78 is 6.46. The second-order valence-electron chi connectivity index (χ2n) is 4.86. The molecule has 4 nitrogen and oxygen atoms in total. The molecule has 0 bridgehead atoms. The van der Waals surface area contributed by atoms with Crippen molar-refractivity contribution in [1.82, 2.24) is 5.32 Å². The molecule has 0 saturated heterocycles. The van der Waals surface area contributed by atoms with Crippen LogP contribution in [0.15, 0.2) is 28.7 Å². The SMILES string of the molecule is Cl.NC(CNC(=O)CCOc1cccc(Br)c1)C1CC1. The molecule has 1 atom stereocenters. The summed E-state index contributed by atoms with van der Waals surface area (Å²) in [7, 11) is 0. The molecule has 0 aromatic heterocycles. The van der Waals surface area contributed by atoms with E-state index in [2.05, 4.69) is 21.2 Å². The predicted octanol–water partition coefficient (Wildman–Crippen LogP) is 2.49. The van der Waals surface area contributed by atoms with Crippen molar-refractivity contribution < 1.29 is 9.53 Å². The van der Waals surface area contributed by atoms with Gasteiger partial charge in [-0.3, -0.25) is 4.79 Å². The number of benzene rings is 1. The standard InChI is InChI=1S/C14H19BrN2O2.ClH/c15-11-2-1-3-12(8-11)19-7-6-14(18)17-9-13(16)10-4-5-10;/h1-3,8,10,13H,4-7,9,16H2,(H,17,18);1H. The molecule has 0 heterocycles. The molecule has 20 heavy (non-hydrogen) atoms. The Balaban J connectivity index is 0.00000200. The number of ether oxygens (including phenoxy) is 1. The highest BCUT2D eigenvalue weighted by Gasteiger charge is 2.28. The van der Waals surface area contributed by atoms with E-state index < -0.39 is 0 Å². The molecule has 1 fully saturated rings. The van der Waals surface area contributed by atoms with Crippen LogP contribution < -0.4 is 15.8 Å². The van der Waals surface area contributed by atoms with E-state index >= 15 is 0 Å². The maximum atomic E-state index is 11.6. The maximum Gasteiger partial charge on any atom is 0.223 e. The Morgan fingerprint density at radius 2 is 2.25 bits per heavy atom. The van der Waals surface area contributed by atoms with E-state index in [0.29, 0.717) is 25.5 Å². The van der Waals surface area contributed by atoms with Crippen LogP contribution in [-0.2, 0) is 4.79 Å². The van der Waals surface area contributed by atoms with Gasteiger partial charge in [-0.25, -0.2) is 0 Å². The fraction of sp³-hybridized carbons (Fsp3) is 0.500. The lowest BCUT2D eigenvalue weighted by Gasteiger charge is -2.12. The molecule has 1 aromatic rings.